The SMILES string of the molecule is c1ccc(-c2cccc3c2oc2ccc(-c4nc(-c5ccc6ccccc6c5)nc(-c5ccc6ccccc6c5)n4)cc23)cc1. The zero-order chi connectivity index (χ0) is 29.7. The van der Waals surface area contributed by atoms with Crippen LogP contribution in [0.4, 0.5) is 0 Å². The molecule has 0 radical (unpaired) electrons. The fraction of sp³-hybridized carbons (Fsp3) is 0. The Morgan fingerprint density at radius 3 is 1.51 bits per heavy atom. The van der Waals surface area contributed by atoms with Gasteiger partial charge in [-0.15, -0.1) is 0 Å². The molecule has 9 rings (SSSR count). The van der Waals surface area contributed by atoms with Crippen LogP contribution < -0.4 is 0 Å². The fourth-order valence-electron chi connectivity index (χ4n) is 6.20. The lowest BCUT2D eigenvalue weighted by Crippen LogP contribution is -2.00. The number of hydrogen-bond donors (Lipinski definition) is 0. The van der Waals surface area contributed by atoms with Crippen molar-refractivity contribution in [2.24, 2.45) is 0 Å². The van der Waals surface area contributed by atoms with Gasteiger partial charge >= 0.3 is 0 Å². The first-order valence-electron chi connectivity index (χ1n) is 15.0. The molecule has 0 amide bonds. The number of benzene rings is 7. The molecule has 9 aromatic rings. The van der Waals surface area contributed by atoms with Gasteiger partial charge in [0.05, 0.1) is 0 Å². The summed E-state index contributed by atoms with van der Waals surface area (Å²) in [4.78, 5) is 15.1. The summed E-state index contributed by atoms with van der Waals surface area (Å²) in [6, 6.07) is 52.3. The van der Waals surface area contributed by atoms with Crippen LogP contribution in [0.15, 0.2) is 156 Å². The molecule has 2 heterocycles. The third-order valence-corrected chi connectivity index (χ3v) is 8.49. The molecule has 45 heavy (non-hydrogen) atoms. The summed E-state index contributed by atoms with van der Waals surface area (Å²) >= 11 is 0. The summed E-state index contributed by atoms with van der Waals surface area (Å²) in [5, 5.41) is 6.73. The van der Waals surface area contributed by atoms with Crippen molar-refractivity contribution in [2.45, 2.75) is 0 Å². The van der Waals surface area contributed by atoms with Crippen LogP contribution in [-0.2, 0) is 0 Å². The van der Waals surface area contributed by atoms with Gasteiger partial charge in [-0.2, -0.15) is 0 Å². The molecule has 0 aliphatic heterocycles. The lowest BCUT2D eigenvalue weighted by atomic mass is 10.0. The average Bonchev–Trinajstić information content (AvgIpc) is 3.49. The highest BCUT2D eigenvalue weighted by molar-refractivity contribution is 6.10. The topological polar surface area (TPSA) is 51.8 Å². The van der Waals surface area contributed by atoms with Gasteiger partial charge in [-0.25, -0.2) is 15.0 Å². The Bertz CT molecular complexity index is 2450. The number of furan rings is 1. The first-order valence-corrected chi connectivity index (χ1v) is 15.0. The van der Waals surface area contributed by atoms with Gasteiger partial charge in [-0.3, -0.25) is 0 Å². The van der Waals surface area contributed by atoms with Gasteiger partial charge in [0.25, 0.3) is 0 Å². The lowest BCUT2D eigenvalue weighted by molar-refractivity contribution is 0.670. The fourth-order valence-corrected chi connectivity index (χ4v) is 6.20. The summed E-state index contributed by atoms with van der Waals surface area (Å²) in [6.45, 7) is 0. The second-order valence-electron chi connectivity index (χ2n) is 11.3. The highest BCUT2D eigenvalue weighted by Gasteiger charge is 2.17. The van der Waals surface area contributed by atoms with Crippen molar-refractivity contribution in [2.75, 3.05) is 0 Å². The van der Waals surface area contributed by atoms with Crippen LogP contribution in [-0.4, -0.2) is 15.0 Å². The summed E-state index contributed by atoms with van der Waals surface area (Å²) < 4.78 is 6.44. The Balaban J connectivity index is 1.24. The van der Waals surface area contributed by atoms with Gasteiger partial charge < -0.3 is 4.42 Å². The zero-order valence-electron chi connectivity index (χ0n) is 24.2. The van der Waals surface area contributed by atoms with E-state index >= 15 is 0 Å². The molecule has 0 N–H and O–H groups in total. The Morgan fingerprint density at radius 2 is 0.889 bits per heavy atom. The Hall–Kier alpha value is -6.13. The first kappa shape index (κ1) is 25.4. The Morgan fingerprint density at radius 1 is 0.356 bits per heavy atom. The number of fused-ring (bicyclic) bond motifs is 5. The molecule has 0 fully saturated rings. The van der Waals surface area contributed by atoms with E-state index in [2.05, 4.69) is 133 Å². The van der Waals surface area contributed by atoms with Crippen molar-refractivity contribution in [3.05, 3.63) is 152 Å². The van der Waals surface area contributed by atoms with Gasteiger partial charge in [-0.05, 0) is 57.4 Å². The third kappa shape index (κ3) is 4.43. The zero-order valence-corrected chi connectivity index (χ0v) is 24.2. The van der Waals surface area contributed by atoms with E-state index < -0.39 is 0 Å². The summed E-state index contributed by atoms with van der Waals surface area (Å²) in [6.07, 6.45) is 0. The predicted octanol–water partition coefficient (Wildman–Crippen LogP) is 10.7. The van der Waals surface area contributed by atoms with Crippen molar-refractivity contribution in [3.63, 3.8) is 0 Å². The normalized spacial score (nSPS) is 11.6. The summed E-state index contributed by atoms with van der Waals surface area (Å²) in [5.41, 5.74) is 6.70. The number of hydrogen-bond acceptors (Lipinski definition) is 4. The molecule has 0 aliphatic rings. The quantitative estimate of drug-likeness (QED) is 0.209. The van der Waals surface area contributed by atoms with E-state index in [1.54, 1.807) is 0 Å². The summed E-state index contributed by atoms with van der Waals surface area (Å²) in [5.74, 6) is 1.89. The molecule has 4 nitrogen and oxygen atoms in total. The van der Waals surface area contributed by atoms with Gasteiger partial charge in [0, 0.05) is 33.0 Å². The second kappa shape index (κ2) is 10.2. The van der Waals surface area contributed by atoms with Crippen LogP contribution in [0.5, 0.6) is 0 Å². The maximum absolute atomic E-state index is 6.44. The smallest absolute Gasteiger partial charge is 0.164 e. The minimum absolute atomic E-state index is 0.617. The van der Waals surface area contributed by atoms with Crippen LogP contribution in [0.3, 0.4) is 0 Å². The van der Waals surface area contributed by atoms with E-state index in [1.807, 2.05) is 18.2 Å². The number of para-hydroxylation sites is 1. The highest BCUT2D eigenvalue weighted by atomic mass is 16.3. The van der Waals surface area contributed by atoms with E-state index in [0.717, 1.165) is 60.5 Å². The van der Waals surface area contributed by atoms with Crippen LogP contribution >= 0.6 is 0 Å². The van der Waals surface area contributed by atoms with E-state index in [-0.39, 0.29) is 0 Å². The molecule has 0 saturated carbocycles. The molecular formula is C41H25N3O. The molecule has 210 valence electrons. The second-order valence-corrected chi connectivity index (χ2v) is 11.3. The molecule has 0 unspecified atom stereocenters. The number of aromatic nitrogens is 3. The molecule has 0 bridgehead atoms. The van der Waals surface area contributed by atoms with E-state index in [4.69, 9.17) is 19.4 Å². The van der Waals surface area contributed by atoms with Crippen LogP contribution in [0, 0.1) is 0 Å². The Labute approximate surface area is 259 Å². The lowest BCUT2D eigenvalue weighted by Gasteiger charge is -2.10. The van der Waals surface area contributed by atoms with Gasteiger partial charge in [0.15, 0.2) is 17.5 Å². The predicted molar refractivity (Wildman–Crippen MR) is 184 cm³/mol. The highest BCUT2D eigenvalue weighted by Crippen LogP contribution is 2.37. The molecule has 0 spiro atoms. The van der Waals surface area contributed by atoms with E-state index in [1.165, 1.54) is 10.8 Å². The minimum Gasteiger partial charge on any atom is -0.455 e. The van der Waals surface area contributed by atoms with Crippen molar-refractivity contribution < 1.29 is 4.42 Å². The van der Waals surface area contributed by atoms with Crippen molar-refractivity contribution in [1.29, 1.82) is 0 Å². The number of nitrogens with zero attached hydrogens (tertiary/aromatic N) is 3. The molecule has 2 aromatic heterocycles. The van der Waals surface area contributed by atoms with Crippen molar-refractivity contribution >= 4 is 43.5 Å². The third-order valence-electron chi connectivity index (χ3n) is 8.49. The van der Waals surface area contributed by atoms with Gasteiger partial charge in [-0.1, -0.05) is 121 Å². The molecule has 0 atom stereocenters. The Kier molecular flexibility index (Phi) is 5.78. The van der Waals surface area contributed by atoms with Crippen LogP contribution in [0.25, 0.3) is 88.8 Å². The minimum atomic E-state index is 0.617. The van der Waals surface area contributed by atoms with Crippen molar-refractivity contribution in [1.82, 2.24) is 15.0 Å². The molecule has 0 saturated heterocycles. The van der Waals surface area contributed by atoms with Crippen LogP contribution in [0.2, 0.25) is 0 Å². The van der Waals surface area contributed by atoms with E-state index in [0.29, 0.717) is 17.5 Å². The molecular weight excluding hydrogens is 550 g/mol. The van der Waals surface area contributed by atoms with E-state index in [9.17, 15) is 0 Å². The first-order chi connectivity index (χ1) is 22.3. The maximum atomic E-state index is 6.44. The molecule has 7 aromatic carbocycles. The molecule has 0 aliphatic carbocycles. The average molecular weight is 576 g/mol. The molecule has 4 heteroatoms. The van der Waals surface area contributed by atoms with Gasteiger partial charge in [0.2, 0.25) is 0 Å². The van der Waals surface area contributed by atoms with Crippen LogP contribution in [0.1, 0.15) is 0 Å². The van der Waals surface area contributed by atoms with Gasteiger partial charge in [0.1, 0.15) is 11.2 Å². The standard InChI is InChI=1S/C41H25N3O/c1-2-11-28(12-3-1)34-15-8-16-35-36-25-33(21-22-37(36)45-38(34)35)41-43-39(31-19-17-26-9-4-6-13-29(26)23-31)42-40(44-41)32-20-18-27-10-5-7-14-30(27)24-32/h1-25H. The largest absolute Gasteiger partial charge is 0.455 e. The maximum Gasteiger partial charge on any atom is 0.164 e. The monoisotopic (exact) mass is 575 g/mol. The van der Waals surface area contributed by atoms with Crippen molar-refractivity contribution in [3.8, 4) is 45.3 Å². The summed E-state index contributed by atoms with van der Waals surface area (Å²) in [7, 11) is 0. The number of rotatable bonds is 4.